The Morgan fingerprint density at radius 1 is 1.10 bits per heavy atom. The second-order valence-corrected chi connectivity index (χ2v) is 4.87. The summed E-state index contributed by atoms with van der Waals surface area (Å²) in [5, 5.41) is 0.396. The number of carbonyl (C=O) groups excluding carboxylic acids is 1. The Hall–Kier alpha value is -2.00. The minimum Gasteiger partial charge on any atom is -0.482 e. The molecule has 0 heterocycles. The van der Waals surface area contributed by atoms with E-state index in [1.165, 1.54) is 0 Å². The fraction of sp³-hybridized carbons (Fsp3) is 0.188. The molecule has 0 aliphatic heterocycles. The van der Waals surface area contributed by atoms with Gasteiger partial charge in [0.05, 0.1) is 5.02 Å². The van der Waals surface area contributed by atoms with Crippen LogP contribution in [-0.4, -0.2) is 12.6 Å². The van der Waals surface area contributed by atoms with Gasteiger partial charge >= 0.3 is 5.97 Å². The Bertz CT molecular complexity index is 623. The van der Waals surface area contributed by atoms with E-state index in [1.807, 2.05) is 32.0 Å². The highest BCUT2D eigenvalue weighted by Crippen LogP contribution is 2.23. The highest BCUT2D eigenvalue weighted by atomic mass is 35.5. The number of benzene rings is 2. The SMILES string of the molecule is Cc1ccc(OCC(=O)Oc2ccccc2Cl)c(C)c1. The molecule has 0 saturated carbocycles. The largest absolute Gasteiger partial charge is 0.482 e. The van der Waals surface area contributed by atoms with E-state index in [0.29, 0.717) is 16.5 Å². The van der Waals surface area contributed by atoms with Crippen molar-refractivity contribution in [2.45, 2.75) is 13.8 Å². The summed E-state index contributed by atoms with van der Waals surface area (Å²) in [6.45, 7) is 3.78. The number of hydrogen-bond donors (Lipinski definition) is 0. The van der Waals surface area contributed by atoms with Crippen molar-refractivity contribution in [2.24, 2.45) is 0 Å². The number of rotatable bonds is 4. The van der Waals surface area contributed by atoms with Crippen LogP contribution in [0.15, 0.2) is 42.5 Å². The summed E-state index contributed by atoms with van der Waals surface area (Å²) in [4.78, 5) is 11.7. The third kappa shape index (κ3) is 3.75. The third-order valence-corrected chi connectivity index (χ3v) is 3.05. The van der Waals surface area contributed by atoms with Crippen LogP contribution in [0.5, 0.6) is 11.5 Å². The molecule has 0 fully saturated rings. The van der Waals surface area contributed by atoms with Gasteiger partial charge in [-0.2, -0.15) is 0 Å². The Morgan fingerprint density at radius 3 is 2.55 bits per heavy atom. The van der Waals surface area contributed by atoms with Crippen molar-refractivity contribution in [2.75, 3.05) is 6.61 Å². The molecule has 4 heteroatoms. The van der Waals surface area contributed by atoms with E-state index in [4.69, 9.17) is 21.1 Å². The second kappa shape index (κ2) is 6.44. The molecule has 0 saturated heterocycles. The molecular weight excluding hydrogens is 276 g/mol. The van der Waals surface area contributed by atoms with E-state index < -0.39 is 5.97 Å². The van der Waals surface area contributed by atoms with Gasteiger partial charge in [0.1, 0.15) is 11.5 Å². The van der Waals surface area contributed by atoms with E-state index in [1.54, 1.807) is 24.3 Å². The molecule has 2 aromatic carbocycles. The molecule has 0 spiro atoms. The number of hydrogen-bond acceptors (Lipinski definition) is 3. The van der Waals surface area contributed by atoms with Gasteiger partial charge in [0.2, 0.25) is 0 Å². The molecule has 0 aromatic heterocycles. The summed E-state index contributed by atoms with van der Waals surface area (Å²) in [6, 6.07) is 12.6. The third-order valence-electron chi connectivity index (χ3n) is 2.74. The lowest BCUT2D eigenvalue weighted by Crippen LogP contribution is -2.18. The highest BCUT2D eigenvalue weighted by Gasteiger charge is 2.09. The first kappa shape index (κ1) is 14.4. The maximum absolute atomic E-state index is 11.7. The quantitative estimate of drug-likeness (QED) is 0.632. The van der Waals surface area contributed by atoms with Gasteiger partial charge in [0.15, 0.2) is 6.61 Å². The monoisotopic (exact) mass is 290 g/mol. The first-order chi connectivity index (χ1) is 9.56. The minimum absolute atomic E-state index is 0.158. The van der Waals surface area contributed by atoms with Gasteiger partial charge < -0.3 is 9.47 Å². The van der Waals surface area contributed by atoms with E-state index in [0.717, 1.165) is 11.1 Å². The van der Waals surface area contributed by atoms with Gasteiger partial charge in [-0.3, -0.25) is 0 Å². The van der Waals surface area contributed by atoms with Crippen LogP contribution >= 0.6 is 11.6 Å². The molecule has 0 bridgehead atoms. The molecule has 0 unspecified atom stereocenters. The van der Waals surface area contributed by atoms with Crippen molar-refractivity contribution in [3.8, 4) is 11.5 Å². The average Bonchev–Trinajstić information content (AvgIpc) is 2.40. The Balaban J connectivity index is 1.94. The maximum atomic E-state index is 11.7. The lowest BCUT2D eigenvalue weighted by Gasteiger charge is -2.10. The van der Waals surface area contributed by atoms with Crippen molar-refractivity contribution in [3.05, 3.63) is 58.6 Å². The van der Waals surface area contributed by atoms with Crippen molar-refractivity contribution < 1.29 is 14.3 Å². The van der Waals surface area contributed by atoms with Crippen LogP contribution in [0.2, 0.25) is 5.02 Å². The topological polar surface area (TPSA) is 35.5 Å². The van der Waals surface area contributed by atoms with Crippen LogP contribution in [0.25, 0.3) is 0 Å². The second-order valence-electron chi connectivity index (χ2n) is 4.46. The van der Waals surface area contributed by atoms with Crippen molar-refractivity contribution in [1.29, 1.82) is 0 Å². The van der Waals surface area contributed by atoms with Gasteiger partial charge in [-0.25, -0.2) is 4.79 Å². The standard InChI is InChI=1S/C16H15ClO3/c1-11-7-8-14(12(2)9-11)19-10-16(18)20-15-6-4-3-5-13(15)17/h3-9H,10H2,1-2H3. The summed E-state index contributed by atoms with van der Waals surface area (Å²) < 4.78 is 10.6. The van der Waals surface area contributed by atoms with Gasteiger partial charge in [-0.1, -0.05) is 41.4 Å². The fourth-order valence-corrected chi connectivity index (χ4v) is 1.95. The summed E-state index contributed by atoms with van der Waals surface area (Å²) in [6.07, 6.45) is 0. The smallest absolute Gasteiger partial charge is 0.349 e. The lowest BCUT2D eigenvalue weighted by atomic mass is 10.1. The first-order valence-corrected chi connectivity index (χ1v) is 6.59. The van der Waals surface area contributed by atoms with Gasteiger partial charge in [-0.15, -0.1) is 0 Å². The zero-order valence-corrected chi connectivity index (χ0v) is 12.1. The molecule has 2 aromatic rings. The molecule has 0 N–H and O–H groups in total. The number of halogens is 1. The van der Waals surface area contributed by atoms with Crippen LogP contribution in [-0.2, 0) is 4.79 Å². The fourth-order valence-electron chi connectivity index (χ4n) is 1.78. The number of carbonyl (C=O) groups is 1. The van der Waals surface area contributed by atoms with Gasteiger partial charge in [0.25, 0.3) is 0 Å². The van der Waals surface area contributed by atoms with Crippen molar-refractivity contribution in [3.63, 3.8) is 0 Å². The molecule has 2 rings (SSSR count). The summed E-state index contributed by atoms with van der Waals surface area (Å²) >= 11 is 5.91. The molecule has 0 amide bonds. The molecule has 0 aliphatic rings. The van der Waals surface area contributed by atoms with E-state index in [2.05, 4.69) is 0 Å². The summed E-state index contributed by atoms with van der Waals surface area (Å²) in [5.74, 6) is 0.521. The highest BCUT2D eigenvalue weighted by molar-refractivity contribution is 6.32. The zero-order valence-electron chi connectivity index (χ0n) is 11.4. The maximum Gasteiger partial charge on any atom is 0.349 e. The van der Waals surface area contributed by atoms with Crippen molar-refractivity contribution in [1.82, 2.24) is 0 Å². The molecular formula is C16H15ClO3. The average molecular weight is 291 g/mol. The molecule has 0 radical (unpaired) electrons. The van der Waals surface area contributed by atoms with Gasteiger partial charge in [0, 0.05) is 0 Å². The lowest BCUT2D eigenvalue weighted by molar-refractivity contribution is -0.136. The number of esters is 1. The predicted molar refractivity (Wildman–Crippen MR) is 78.5 cm³/mol. The van der Waals surface area contributed by atoms with Crippen LogP contribution in [0.1, 0.15) is 11.1 Å². The molecule has 104 valence electrons. The molecule has 3 nitrogen and oxygen atoms in total. The van der Waals surface area contributed by atoms with Crippen LogP contribution in [0.4, 0.5) is 0 Å². The Labute approximate surface area is 123 Å². The number of aryl methyl sites for hydroxylation is 2. The molecule has 0 aliphatic carbocycles. The van der Waals surface area contributed by atoms with Crippen LogP contribution < -0.4 is 9.47 Å². The van der Waals surface area contributed by atoms with Crippen molar-refractivity contribution >= 4 is 17.6 Å². The first-order valence-electron chi connectivity index (χ1n) is 6.21. The van der Waals surface area contributed by atoms with E-state index in [-0.39, 0.29) is 6.61 Å². The number of ether oxygens (including phenoxy) is 2. The normalized spacial score (nSPS) is 10.2. The van der Waals surface area contributed by atoms with Gasteiger partial charge in [-0.05, 0) is 37.6 Å². The van der Waals surface area contributed by atoms with E-state index >= 15 is 0 Å². The predicted octanol–water partition coefficient (Wildman–Crippen LogP) is 3.94. The summed E-state index contributed by atoms with van der Waals surface area (Å²) in [5.41, 5.74) is 2.13. The Kier molecular flexibility index (Phi) is 4.64. The zero-order chi connectivity index (χ0) is 14.5. The Morgan fingerprint density at radius 2 is 1.85 bits per heavy atom. The summed E-state index contributed by atoms with van der Waals surface area (Å²) in [7, 11) is 0. The molecule has 20 heavy (non-hydrogen) atoms. The van der Waals surface area contributed by atoms with Crippen LogP contribution in [0.3, 0.4) is 0 Å². The minimum atomic E-state index is -0.488. The van der Waals surface area contributed by atoms with Crippen LogP contribution in [0, 0.1) is 13.8 Å². The molecule has 0 atom stereocenters. The van der Waals surface area contributed by atoms with E-state index in [9.17, 15) is 4.79 Å². The number of para-hydroxylation sites is 1.